The molecule has 2 N–H and O–H groups in total. The first-order valence-electron chi connectivity index (χ1n) is 5.19. The molecule has 1 aromatic carbocycles. The normalized spacial score (nSPS) is 12.2. The molecule has 88 valence electrons. The molecule has 1 aromatic rings. The van der Waals surface area contributed by atoms with Crippen molar-refractivity contribution in [3.05, 3.63) is 33.8 Å². The molecule has 0 bridgehead atoms. The number of halogens is 1. The van der Waals surface area contributed by atoms with Crippen molar-refractivity contribution < 1.29 is 9.90 Å². The minimum Gasteiger partial charge on any atom is -0.396 e. The smallest absolute Gasteiger partial charge is 0.251 e. The number of benzene rings is 1. The highest BCUT2D eigenvalue weighted by molar-refractivity contribution is 9.10. The zero-order valence-corrected chi connectivity index (χ0v) is 11.0. The van der Waals surface area contributed by atoms with Crippen LogP contribution in [0.2, 0.25) is 0 Å². The Bertz CT molecular complexity index is 379. The van der Waals surface area contributed by atoms with Crippen molar-refractivity contribution in [2.24, 2.45) is 5.92 Å². The van der Waals surface area contributed by atoms with Crippen molar-refractivity contribution in [2.75, 3.05) is 13.2 Å². The van der Waals surface area contributed by atoms with Gasteiger partial charge in [0.25, 0.3) is 5.91 Å². The molecule has 0 spiro atoms. The van der Waals surface area contributed by atoms with Gasteiger partial charge in [0.05, 0.1) is 0 Å². The van der Waals surface area contributed by atoms with E-state index < -0.39 is 0 Å². The molecular weight excluding hydrogens is 270 g/mol. The maximum Gasteiger partial charge on any atom is 0.251 e. The molecule has 0 aliphatic rings. The van der Waals surface area contributed by atoms with Crippen molar-refractivity contribution in [3.8, 4) is 0 Å². The van der Waals surface area contributed by atoms with Crippen LogP contribution in [0.1, 0.15) is 22.8 Å². The van der Waals surface area contributed by atoms with Gasteiger partial charge in [0, 0.05) is 23.2 Å². The molecule has 0 radical (unpaired) electrons. The number of aliphatic hydroxyl groups is 1. The summed E-state index contributed by atoms with van der Waals surface area (Å²) in [7, 11) is 0. The zero-order valence-electron chi connectivity index (χ0n) is 9.46. The third-order valence-corrected chi connectivity index (χ3v) is 2.85. The summed E-state index contributed by atoms with van der Waals surface area (Å²) in [6, 6.07) is 5.54. The molecular formula is C12H16BrNO2. The number of carbonyl (C=O) groups is 1. The molecule has 0 saturated carbocycles. The maximum atomic E-state index is 11.8. The molecule has 3 nitrogen and oxygen atoms in total. The Morgan fingerprint density at radius 2 is 2.25 bits per heavy atom. The van der Waals surface area contributed by atoms with E-state index in [2.05, 4.69) is 21.2 Å². The third-order valence-electron chi connectivity index (χ3n) is 2.36. The number of amides is 1. The van der Waals surface area contributed by atoms with Gasteiger partial charge in [-0.1, -0.05) is 22.9 Å². The van der Waals surface area contributed by atoms with Gasteiger partial charge in [0.2, 0.25) is 0 Å². The fraction of sp³-hybridized carbons (Fsp3) is 0.417. The Morgan fingerprint density at radius 1 is 1.56 bits per heavy atom. The highest BCUT2D eigenvalue weighted by atomic mass is 79.9. The molecule has 0 fully saturated rings. The molecule has 1 unspecified atom stereocenters. The van der Waals surface area contributed by atoms with Crippen LogP contribution >= 0.6 is 15.9 Å². The summed E-state index contributed by atoms with van der Waals surface area (Å²) in [6.45, 7) is 4.36. The van der Waals surface area contributed by atoms with Gasteiger partial charge in [-0.3, -0.25) is 4.79 Å². The lowest BCUT2D eigenvalue weighted by Gasteiger charge is -2.11. The Hall–Kier alpha value is -0.870. The third kappa shape index (κ3) is 3.61. The predicted molar refractivity (Wildman–Crippen MR) is 67.5 cm³/mol. The van der Waals surface area contributed by atoms with Crippen LogP contribution in [0.3, 0.4) is 0 Å². The topological polar surface area (TPSA) is 49.3 Å². The van der Waals surface area contributed by atoms with E-state index in [0.717, 1.165) is 10.0 Å². The van der Waals surface area contributed by atoms with Crippen molar-refractivity contribution in [2.45, 2.75) is 13.8 Å². The molecule has 1 atom stereocenters. The largest absolute Gasteiger partial charge is 0.396 e. The fourth-order valence-corrected chi connectivity index (χ4v) is 1.78. The maximum absolute atomic E-state index is 11.8. The standard InChI is InChI=1S/C12H16BrNO2/c1-8(7-15)6-14-12(16)11-4-3-10(13)5-9(11)2/h3-5,8,15H,6-7H2,1-2H3,(H,14,16). The summed E-state index contributed by atoms with van der Waals surface area (Å²) >= 11 is 3.35. The van der Waals surface area contributed by atoms with Gasteiger partial charge < -0.3 is 10.4 Å². The van der Waals surface area contributed by atoms with E-state index in [1.807, 2.05) is 26.0 Å². The van der Waals surface area contributed by atoms with E-state index in [1.54, 1.807) is 6.07 Å². The Kier molecular flexibility index (Phi) is 4.96. The van der Waals surface area contributed by atoms with Gasteiger partial charge in [-0.2, -0.15) is 0 Å². The second kappa shape index (κ2) is 6.01. The molecule has 16 heavy (non-hydrogen) atoms. The molecule has 0 saturated heterocycles. The minimum absolute atomic E-state index is 0.0829. The van der Waals surface area contributed by atoms with E-state index in [-0.39, 0.29) is 18.4 Å². The van der Waals surface area contributed by atoms with Gasteiger partial charge in [-0.25, -0.2) is 0 Å². The predicted octanol–water partition coefficient (Wildman–Crippen LogP) is 2.12. The summed E-state index contributed by atoms with van der Waals surface area (Å²) in [4.78, 5) is 11.8. The monoisotopic (exact) mass is 285 g/mol. The van der Waals surface area contributed by atoms with Crippen LogP contribution in [0.4, 0.5) is 0 Å². The Balaban J connectivity index is 2.66. The van der Waals surface area contributed by atoms with Gasteiger partial charge in [0.15, 0.2) is 0 Å². The number of aryl methyl sites for hydroxylation is 1. The number of hydrogen-bond acceptors (Lipinski definition) is 2. The summed E-state index contributed by atoms with van der Waals surface area (Å²) in [5, 5.41) is 11.6. The van der Waals surface area contributed by atoms with Crippen molar-refractivity contribution in [3.63, 3.8) is 0 Å². The summed E-state index contributed by atoms with van der Waals surface area (Å²) in [5.74, 6) is -0.00926. The minimum atomic E-state index is -0.0923. The number of hydrogen-bond donors (Lipinski definition) is 2. The molecule has 4 heteroatoms. The van der Waals surface area contributed by atoms with Crippen LogP contribution in [0.15, 0.2) is 22.7 Å². The van der Waals surface area contributed by atoms with Gasteiger partial charge >= 0.3 is 0 Å². The van der Waals surface area contributed by atoms with Crippen molar-refractivity contribution >= 4 is 21.8 Å². The summed E-state index contributed by atoms with van der Waals surface area (Å²) in [6.07, 6.45) is 0. The molecule has 0 aliphatic heterocycles. The SMILES string of the molecule is Cc1cc(Br)ccc1C(=O)NCC(C)CO. The average Bonchev–Trinajstić information content (AvgIpc) is 2.25. The quantitative estimate of drug-likeness (QED) is 0.890. The second-order valence-corrected chi connectivity index (χ2v) is 4.87. The lowest BCUT2D eigenvalue weighted by Crippen LogP contribution is -2.29. The number of carbonyl (C=O) groups excluding carboxylic acids is 1. The first-order chi connectivity index (χ1) is 7.54. The fourth-order valence-electron chi connectivity index (χ4n) is 1.31. The van der Waals surface area contributed by atoms with Gasteiger partial charge in [-0.05, 0) is 36.6 Å². The number of nitrogens with one attached hydrogen (secondary N) is 1. The molecule has 0 heterocycles. The van der Waals surface area contributed by atoms with Crippen molar-refractivity contribution in [1.82, 2.24) is 5.32 Å². The van der Waals surface area contributed by atoms with E-state index in [0.29, 0.717) is 12.1 Å². The highest BCUT2D eigenvalue weighted by Gasteiger charge is 2.09. The van der Waals surface area contributed by atoms with E-state index in [4.69, 9.17) is 5.11 Å². The van der Waals surface area contributed by atoms with E-state index in [1.165, 1.54) is 0 Å². The van der Waals surface area contributed by atoms with Crippen molar-refractivity contribution in [1.29, 1.82) is 0 Å². The van der Waals surface area contributed by atoms with Gasteiger partial charge in [-0.15, -0.1) is 0 Å². The van der Waals surface area contributed by atoms with Crippen LogP contribution in [0, 0.1) is 12.8 Å². The first kappa shape index (κ1) is 13.2. The second-order valence-electron chi connectivity index (χ2n) is 3.96. The summed E-state index contributed by atoms with van der Waals surface area (Å²) in [5.41, 5.74) is 1.61. The summed E-state index contributed by atoms with van der Waals surface area (Å²) < 4.78 is 0.963. The van der Waals surface area contributed by atoms with E-state index >= 15 is 0 Å². The van der Waals surface area contributed by atoms with E-state index in [9.17, 15) is 4.79 Å². The first-order valence-corrected chi connectivity index (χ1v) is 5.99. The van der Waals surface area contributed by atoms with Crippen LogP contribution in [-0.2, 0) is 0 Å². The highest BCUT2D eigenvalue weighted by Crippen LogP contribution is 2.15. The molecule has 0 aromatic heterocycles. The lowest BCUT2D eigenvalue weighted by molar-refractivity contribution is 0.0941. The zero-order chi connectivity index (χ0) is 12.1. The Labute approximate surface area is 104 Å². The van der Waals surface area contributed by atoms with Crippen LogP contribution in [0.25, 0.3) is 0 Å². The Morgan fingerprint density at radius 3 is 2.81 bits per heavy atom. The molecule has 0 aliphatic carbocycles. The van der Waals surface area contributed by atoms with Crippen LogP contribution in [-0.4, -0.2) is 24.2 Å². The van der Waals surface area contributed by atoms with Crippen LogP contribution < -0.4 is 5.32 Å². The molecule has 1 amide bonds. The average molecular weight is 286 g/mol. The van der Waals surface area contributed by atoms with Crippen LogP contribution in [0.5, 0.6) is 0 Å². The number of rotatable bonds is 4. The lowest BCUT2D eigenvalue weighted by atomic mass is 10.1. The number of aliphatic hydroxyl groups excluding tert-OH is 1. The molecule has 1 rings (SSSR count). The van der Waals surface area contributed by atoms with Gasteiger partial charge in [0.1, 0.15) is 0 Å².